The predicted octanol–water partition coefficient (Wildman–Crippen LogP) is 3.94. The average Bonchev–Trinajstić information content (AvgIpc) is 3.13. The number of carbonyl (C=O) groups is 1. The van der Waals surface area contributed by atoms with Crippen LogP contribution in [0.5, 0.6) is 0 Å². The summed E-state index contributed by atoms with van der Waals surface area (Å²) in [6.45, 7) is 9.62. The molecule has 0 aliphatic carbocycles. The molecule has 35 heavy (non-hydrogen) atoms. The zero-order chi connectivity index (χ0) is 25.2. The Bertz CT molecular complexity index is 1310. The van der Waals surface area contributed by atoms with Crippen molar-refractivity contribution in [2.75, 3.05) is 31.6 Å². The van der Waals surface area contributed by atoms with Gasteiger partial charge in [0.15, 0.2) is 0 Å². The quantitative estimate of drug-likeness (QED) is 0.535. The van der Waals surface area contributed by atoms with E-state index in [1.807, 2.05) is 36.4 Å². The maximum Gasteiger partial charge on any atom is 0.255 e. The van der Waals surface area contributed by atoms with Gasteiger partial charge >= 0.3 is 0 Å². The van der Waals surface area contributed by atoms with E-state index in [0.29, 0.717) is 55.7 Å². The van der Waals surface area contributed by atoms with Crippen molar-refractivity contribution in [1.82, 2.24) is 14.1 Å². The van der Waals surface area contributed by atoms with E-state index >= 15 is 0 Å². The summed E-state index contributed by atoms with van der Waals surface area (Å²) in [7, 11) is -3.63. The van der Waals surface area contributed by atoms with E-state index in [9.17, 15) is 13.2 Å². The summed E-state index contributed by atoms with van der Waals surface area (Å²) in [5.74, 6) is 0.201. The van der Waals surface area contributed by atoms with Gasteiger partial charge in [-0.25, -0.2) is 8.42 Å². The summed E-state index contributed by atoms with van der Waals surface area (Å²) in [5, 5.41) is 7.46. The minimum atomic E-state index is -3.63. The molecule has 0 saturated carbocycles. The van der Waals surface area contributed by atoms with Crippen molar-refractivity contribution >= 4 is 21.6 Å². The minimum Gasteiger partial charge on any atom is -0.379 e. The van der Waals surface area contributed by atoms with E-state index in [2.05, 4.69) is 24.3 Å². The van der Waals surface area contributed by atoms with Crippen LogP contribution in [0.3, 0.4) is 0 Å². The molecule has 1 saturated heterocycles. The van der Waals surface area contributed by atoms with Crippen molar-refractivity contribution in [2.24, 2.45) is 0 Å². The summed E-state index contributed by atoms with van der Waals surface area (Å²) in [6, 6.07) is 15.1. The van der Waals surface area contributed by atoms with Gasteiger partial charge < -0.3 is 10.1 Å². The Balaban J connectivity index is 1.48. The van der Waals surface area contributed by atoms with Gasteiger partial charge in [0.25, 0.3) is 5.91 Å². The summed E-state index contributed by atoms with van der Waals surface area (Å²) in [4.78, 5) is 13.0. The lowest BCUT2D eigenvalue weighted by Crippen LogP contribution is -2.41. The van der Waals surface area contributed by atoms with Crippen LogP contribution in [0.25, 0.3) is 0 Å². The largest absolute Gasteiger partial charge is 0.379 e. The van der Waals surface area contributed by atoms with Crippen molar-refractivity contribution in [3.05, 3.63) is 76.6 Å². The number of rotatable bonds is 7. The second-order valence-electron chi connectivity index (χ2n) is 9.11. The van der Waals surface area contributed by atoms with Crippen LogP contribution in [0, 0.1) is 13.8 Å². The van der Waals surface area contributed by atoms with Gasteiger partial charge in [-0.2, -0.15) is 9.40 Å². The number of nitrogens with one attached hydrogen (secondary N) is 1. The van der Waals surface area contributed by atoms with Gasteiger partial charge in [0, 0.05) is 24.3 Å². The van der Waals surface area contributed by atoms with E-state index in [4.69, 9.17) is 4.74 Å². The number of amides is 1. The molecule has 1 aromatic heterocycles. The highest BCUT2D eigenvalue weighted by atomic mass is 32.2. The Morgan fingerprint density at radius 1 is 1.09 bits per heavy atom. The van der Waals surface area contributed by atoms with Crippen molar-refractivity contribution in [1.29, 1.82) is 0 Å². The Morgan fingerprint density at radius 2 is 1.77 bits per heavy atom. The molecule has 1 amide bonds. The number of sulfonamides is 1. The molecule has 8 nitrogen and oxygen atoms in total. The molecule has 2 aromatic carbocycles. The van der Waals surface area contributed by atoms with Crippen LogP contribution < -0.4 is 5.32 Å². The summed E-state index contributed by atoms with van der Waals surface area (Å²) >= 11 is 0. The number of hydrogen-bond donors (Lipinski definition) is 1. The fourth-order valence-corrected chi connectivity index (χ4v) is 6.02. The third-order valence-electron chi connectivity index (χ3n) is 6.24. The van der Waals surface area contributed by atoms with Gasteiger partial charge in [0.05, 0.1) is 31.1 Å². The molecule has 4 rings (SSSR count). The van der Waals surface area contributed by atoms with Crippen molar-refractivity contribution < 1.29 is 17.9 Å². The van der Waals surface area contributed by atoms with E-state index < -0.39 is 10.0 Å². The number of morpholine rings is 1. The molecule has 0 unspecified atom stereocenters. The van der Waals surface area contributed by atoms with E-state index in [1.165, 1.54) is 4.31 Å². The average molecular weight is 497 g/mol. The maximum atomic E-state index is 13.2. The molecule has 186 valence electrons. The first kappa shape index (κ1) is 25.1. The SMILES string of the molecule is Cc1nn(Cc2ccc(C(=O)Nc3cccc(C(C)C)c3)cc2)c(C)c1S(=O)(=O)N1CCOCC1. The number of nitrogens with zero attached hydrogens (tertiary/aromatic N) is 3. The highest BCUT2D eigenvalue weighted by Crippen LogP contribution is 2.25. The van der Waals surface area contributed by atoms with Crippen LogP contribution in [0.4, 0.5) is 5.69 Å². The molecule has 1 fully saturated rings. The van der Waals surface area contributed by atoms with Crippen LogP contribution in [0.15, 0.2) is 53.4 Å². The Hall–Kier alpha value is -3.01. The maximum absolute atomic E-state index is 13.2. The van der Waals surface area contributed by atoms with Crippen LogP contribution in [-0.2, 0) is 21.3 Å². The predicted molar refractivity (Wildman–Crippen MR) is 135 cm³/mol. The molecule has 0 spiro atoms. The Labute approximate surface area is 207 Å². The summed E-state index contributed by atoms with van der Waals surface area (Å²) in [5.41, 5.74) is 4.48. The third-order valence-corrected chi connectivity index (χ3v) is 8.39. The van der Waals surface area contributed by atoms with Gasteiger partial charge in [-0.1, -0.05) is 38.1 Å². The minimum absolute atomic E-state index is 0.178. The lowest BCUT2D eigenvalue weighted by atomic mass is 10.0. The monoisotopic (exact) mass is 496 g/mol. The topological polar surface area (TPSA) is 93.5 Å². The second-order valence-corrected chi connectivity index (χ2v) is 11.0. The molecular formula is C26H32N4O4S. The molecule has 1 aliphatic heterocycles. The van der Waals surface area contributed by atoms with E-state index in [-0.39, 0.29) is 10.8 Å². The molecule has 1 aliphatic rings. The van der Waals surface area contributed by atoms with E-state index in [1.54, 1.807) is 30.7 Å². The molecule has 0 radical (unpaired) electrons. The third kappa shape index (κ3) is 5.47. The van der Waals surface area contributed by atoms with Crippen LogP contribution in [-0.4, -0.2) is 54.7 Å². The number of aromatic nitrogens is 2. The zero-order valence-electron chi connectivity index (χ0n) is 20.6. The van der Waals surface area contributed by atoms with Gasteiger partial charge in [-0.15, -0.1) is 0 Å². The first-order valence-corrected chi connectivity index (χ1v) is 13.2. The molecule has 3 aromatic rings. The molecule has 2 heterocycles. The Kier molecular flexibility index (Phi) is 7.39. The van der Waals surface area contributed by atoms with Gasteiger partial charge in [-0.05, 0) is 55.2 Å². The number of hydrogen-bond acceptors (Lipinski definition) is 5. The highest BCUT2D eigenvalue weighted by Gasteiger charge is 2.32. The fourth-order valence-electron chi connectivity index (χ4n) is 4.24. The number of ether oxygens (including phenoxy) is 1. The normalized spacial score (nSPS) is 14.9. The second kappa shape index (κ2) is 10.3. The molecule has 0 bridgehead atoms. The molecule has 9 heteroatoms. The first-order chi connectivity index (χ1) is 16.7. The highest BCUT2D eigenvalue weighted by molar-refractivity contribution is 7.89. The fraction of sp³-hybridized carbons (Fsp3) is 0.385. The standard InChI is InChI=1S/C26H32N4O4S/c1-18(2)23-6-5-7-24(16-23)27-26(31)22-10-8-21(9-11-22)17-30-20(4)25(19(3)28-30)35(32,33)29-12-14-34-15-13-29/h5-11,16,18H,12-15,17H2,1-4H3,(H,27,31). The van der Waals surface area contributed by atoms with Crippen LogP contribution in [0.1, 0.15) is 52.6 Å². The first-order valence-electron chi connectivity index (χ1n) is 11.8. The van der Waals surface area contributed by atoms with Crippen molar-refractivity contribution in [3.63, 3.8) is 0 Å². The van der Waals surface area contributed by atoms with Gasteiger partial charge in [0.2, 0.25) is 10.0 Å². The number of carbonyl (C=O) groups excluding carboxylic acids is 1. The van der Waals surface area contributed by atoms with Gasteiger partial charge in [-0.3, -0.25) is 9.48 Å². The lowest BCUT2D eigenvalue weighted by Gasteiger charge is -2.26. The zero-order valence-corrected chi connectivity index (χ0v) is 21.4. The Morgan fingerprint density at radius 3 is 2.43 bits per heavy atom. The van der Waals surface area contributed by atoms with Crippen LogP contribution >= 0.6 is 0 Å². The van der Waals surface area contributed by atoms with Crippen molar-refractivity contribution in [2.45, 2.75) is 45.1 Å². The lowest BCUT2D eigenvalue weighted by molar-refractivity contribution is 0.0730. The smallest absolute Gasteiger partial charge is 0.255 e. The summed E-state index contributed by atoms with van der Waals surface area (Å²) < 4.78 is 34.8. The van der Waals surface area contributed by atoms with Crippen LogP contribution in [0.2, 0.25) is 0 Å². The summed E-state index contributed by atoms with van der Waals surface area (Å²) in [6.07, 6.45) is 0. The number of anilines is 1. The van der Waals surface area contributed by atoms with E-state index in [0.717, 1.165) is 16.8 Å². The molecular weight excluding hydrogens is 464 g/mol. The molecule has 1 N–H and O–H groups in total. The molecule has 0 atom stereocenters. The van der Waals surface area contributed by atoms with Gasteiger partial charge in [0.1, 0.15) is 4.90 Å². The number of benzene rings is 2. The van der Waals surface area contributed by atoms with Crippen molar-refractivity contribution in [3.8, 4) is 0 Å². The number of aryl methyl sites for hydroxylation is 1.